The highest BCUT2D eigenvalue weighted by Crippen LogP contribution is 2.39. The number of rotatable bonds is 4. The van der Waals surface area contributed by atoms with Crippen LogP contribution < -0.4 is 10.5 Å². The molecule has 41 heavy (non-hydrogen) atoms. The number of aryl methyl sites for hydroxylation is 1. The van der Waals surface area contributed by atoms with Gasteiger partial charge in [0, 0.05) is 44.2 Å². The fourth-order valence-corrected chi connectivity index (χ4v) is 5.88. The first-order chi connectivity index (χ1) is 19.5. The van der Waals surface area contributed by atoms with Crippen LogP contribution in [-0.2, 0) is 11.8 Å². The molecule has 1 aromatic carbocycles. The first kappa shape index (κ1) is 29.0. The Bertz CT molecular complexity index is 1520. The van der Waals surface area contributed by atoms with E-state index in [0.717, 1.165) is 41.7 Å². The molecule has 2 fully saturated rings. The van der Waals surface area contributed by atoms with Gasteiger partial charge in [-0.3, -0.25) is 4.90 Å². The number of amides is 1. The lowest BCUT2D eigenvalue weighted by atomic mass is 9.90. The van der Waals surface area contributed by atoms with Gasteiger partial charge in [-0.15, -0.1) is 0 Å². The molecule has 0 saturated carbocycles. The molecule has 0 bridgehead atoms. The van der Waals surface area contributed by atoms with Gasteiger partial charge >= 0.3 is 6.09 Å². The third kappa shape index (κ3) is 5.80. The number of benzene rings is 1. The number of aromatic nitrogens is 3. The molecule has 3 aromatic rings. The summed E-state index contributed by atoms with van der Waals surface area (Å²) in [6.07, 6.45) is 2.63. The smallest absolute Gasteiger partial charge is 0.410 e. The number of carbonyl (C=O) groups is 1. The number of nitrogens with zero attached hydrogens (tertiary/aromatic N) is 5. The first-order valence-electron chi connectivity index (χ1n) is 13.8. The Morgan fingerprint density at radius 2 is 2.02 bits per heavy atom. The van der Waals surface area contributed by atoms with Crippen LogP contribution in [0.3, 0.4) is 0 Å². The van der Waals surface area contributed by atoms with Gasteiger partial charge in [-0.1, -0.05) is 23.6 Å². The molecule has 1 amide bonds. The maximum absolute atomic E-state index is 12.6. The number of piperidine rings is 1. The maximum Gasteiger partial charge on any atom is 0.410 e. The zero-order valence-electron chi connectivity index (χ0n) is 24.1. The van der Waals surface area contributed by atoms with E-state index in [1.165, 1.54) is 6.33 Å². The van der Waals surface area contributed by atoms with E-state index in [4.69, 9.17) is 26.8 Å². The molecular formula is C30H37ClN6O4. The van der Waals surface area contributed by atoms with E-state index in [2.05, 4.69) is 26.7 Å². The van der Waals surface area contributed by atoms with Crippen molar-refractivity contribution in [3.05, 3.63) is 35.2 Å². The second kappa shape index (κ2) is 11.4. The van der Waals surface area contributed by atoms with Crippen molar-refractivity contribution in [3.63, 3.8) is 0 Å². The number of likely N-dealkylation sites (tertiary alicyclic amines) is 2. The Kier molecular flexibility index (Phi) is 8.06. The fourth-order valence-electron chi connectivity index (χ4n) is 5.69. The van der Waals surface area contributed by atoms with E-state index in [0.29, 0.717) is 35.2 Å². The molecule has 2 aliphatic heterocycles. The second-order valence-corrected chi connectivity index (χ2v) is 12.1. The lowest BCUT2D eigenvalue weighted by molar-refractivity contribution is -0.0235. The second-order valence-electron chi connectivity index (χ2n) is 11.7. The maximum atomic E-state index is 12.6. The minimum atomic E-state index is -0.570. The third-order valence-electron chi connectivity index (χ3n) is 7.78. The van der Waals surface area contributed by atoms with Crippen LogP contribution in [0.25, 0.3) is 22.2 Å². The summed E-state index contributed by atoms with van der Waals surface area (Å²) >= 11 is 6.30. The van der Waals surface area contributed by atoms with Crippen molar-refractivity contribution in [2.24, 2.45) is 13.0 Å². The van der Waals surface area contributed by atoms with Crippen molar-refractivity contribution in [1.82, 2.24) is 24.3 Å². The van der Waals surface area contributed by atoms with Crippen LogP contribution in [0.1, 0.15) is 39.3 Å². The van der Waals surface area contributed by atoms with Crippen molar-refractivity contribution in [1.29, 1.82) is 0 Å². The van der Waals surface area contributed by atoms with Gasteiger partial charge in [-0.2, -0.15) is 0 Å². The van der Waals surface area contributed by atoms with Crippen molar-refractivity contribution >= 4 is 34.5 Å². The Morgan fingerprint density at radius 1 is 1.27 bits per heavy atom. The van der Waals surface area contributed by atoms with Crippen LogP contribution in [-0.4, -0.2) is 86.6 Å². The number of ether oxygens (including phenoxy) is 2. The summed E-state index contributed by atoms with van der Waals surface area (Å²) < 4.78 is 13.0. The summed E-state index contributed by atoms with van der Waals surface area (Å²) in [6.45, 7) is 7.69. The van der Waals surface area contributed by atoms with E-state index in [1.807, 2.05) is 44.5 Å². The van der Waals surface area contributed by atoms with E-state index in [9.17, 15) is 9.90 Å². The number of hydrogen-bond donors (Lipinski definition) is 2. The number of halogens is 1. The molecule has 1 unspecified atom stereocenters. The molecule has 0 aliphatic carbocycles. The number of anilines is 1. The predicted octanol–water partition coefficient (Wildman–Crippen LogP) is 3.92. The summed E-state index contributed by atoms with van der Waals surface area (Å²) in [5.74, 6) is 8.02. The third-order valence-corrected chi connectivity index (χ3v) is 8.10. The van der Waals surface area contributed by atoms with Gasteiger partial charge in [-0.05, 0) is 57.2 Å². The van der Waals surface area contributed by atoms with Crippen molar-refractivity contribution in [2.45, 2.75) is 51.3 Å². The highest BCUT2D eigenvalue weighted by molar-refractivity contribution is 6.32. The van der Waals surface area contributed by atoms with Gasteiger partial charge < -0.3 is 29.8 Å². The molecule has 5 rings (SSSR count). The Hall–Kier alpha value is -3.52. The van der Waals surface area contributed by atoms with Crippen molar-refractivity contribution < 1.29 is 19.4 Å². The molecular weight excluding hydrogens is 544 g/mol. The van der Waals surface area contributed by atoms with Gasteiger partial charge in [-0.25, -0.2) is 14.8 Å². The van der Waals surface area contributed by atoms with Gasteiger partial charge in [0.25, 0.3) is 0 Å². The van der Waals surface area contributed by atoms with Gasteiger partial charge in [0.1, 0.15) is 34.8 Å². The lowest BCUT2D eigenvalue weighted by Gasteiger charge is -2.48. The molecule has 4 heterocycles. The molecule has 218 valence electrons. The normalized spacial score (nSPS) is 19.9. The van der Waals surface area contributed by atoms with Crippen molar-refractivity contribution in [3.8, 4) is 28.7 Å². The van der Waals surface area contributed by atoms with Crippen LogP contribution in [0.2, 0.25) is 5.02 Å². The fraction of sp³-hybridized carbons (Fsp3) is 0.500. The Morgan fingerprint density at radius 3 is 2.71 bits per heavy atom. The number of nitrogen functional groups attached to an aromatic ring is 1. The Balaban J connectivity index is 1.33. The standard InChI is InChI=1S/C30H37ClN6O4/c1-30(2,3)41-29(39)37-11-10-20(13-21(37)16-38)36-14-18(15-36)6-9-23-25(19-7-8-22(31)24(12-19)40-5)26-27(32)33-17-34-28(26)35(23)4/h7-8,12,17-18,20-21,38H,10-11,13-16H2,1-5H3,(H2,32,33,34)/t20?,21-/m0/s1. The monoisotopic (exact) mass is 580 g/mol. The quantitative estimate of drug-likeness (QED) is 0.446. The van der Waals surface area contributed by atoms with Crippen LogP contribution in [0.4, 0.5) is 10.6 Å². The van der Waals surface area contributed by atoms with E-state index >= 15 is 0 Å². The van der Waals surface area contributed by atoms with Gasteiger partial charge in [0.05, 0.1) is 30.2 Å². The highest BCUT2D eigenvalue weighted by Gasteiger charge is 2.39. The van der Waals surface area contributed by atoms with Gasteiger partial charge in [0.15, 0.2) is 0 Å². The average molecular weight is 581 g/mol. The zero-order valence-corrected chi connectivity index (χ0v) is 24.9. The molecule has 0 spiro atoms. The molecule has 0 radical (unpaired) electrons. The minimum absolute atomic E-state index is 0.0852. The lowest BCUT2D eigenvalue weighted by Crippen LogP contribution is -2.59. The molecule has 3 N–H and O–H groups in total. The predicted molar refractivity (Wildman–Crippen MR) is 159 cm³/mol. The number of aliphatic hydroxyl groups excluding tert-OH is 1. The molecule has 10 nitrogen and oxygen atoms in total. The number of aliphatic hydroxyl groups is 1. The van der Waals surface area contributed by atoms with Crippen LogP contribution in [0.15, 0.2) is 24.5 Å². The summed E-state index contributed by atoms with van der Waals surface area (Å²) in [5.41, 5.74) is 8.96. The summed E-state index contributed by atoms with van der Waals surface area (Å²) in [7, 11) is 3.51. The summed E-state index contributed by atoms with van der Waals surface area (Å²) in [6, 6.07) is 5.62. The van der Waals surface area contributed by atoms with E-state index < -0.39 is 5.60 Å². The van der Waals surface area contributed by atoms with E-state index in [1.54, 1.807) is 18.1 Å². The molecule has 2 aromatic heterocycles. The zero-order chi connectivity index (χ0) is 29.5. The molecule has 11 heteroatoms. The SMILES string of the molecule is COc1cc(-c2c(C#CC3CN(C4CCN(C(=O)OC(C)(C)C)[C@H](CO)C4)C3)n(C)c3ncnc(N)c23)ccc1Cl. The molecule has 2 saturated heterocycles. The van der Waals surface area contributed by atoms with Crippen LogP contribution in [0.5, 0.6) is 5.75 Å². The summed E-state index contributed by atoms with van der Waals surface area (Å²) in [4.78, 5) is 25.4. The van der Waals surface area contributed by atoms with Gasteiger partial charge in [0.2, 0.25) is 0 Å². The average Bonchev–Trinajstić information content (AvgIpc) is 3.19. The highest BCUT2D eigenvalue weighted by atomic mass is 35.5. The molecule has 2 aliphatic rings. The largest absolute Gasteiger partial charge is 0.495 e. The first-order valence-corrected chi connectivity index (χ1v) is 14.2. The number of fused-ring (bicyclic) bond motifs is 1. The van der Waals surface area contributed by atoms with Crippen LogP contribution >= 0.6 is 11.6 Å². The number of nitrogens with two attached hydrogens (primary N) is 1. The van der Waals surface area contributed by atoms with Crippen LogP contribution in [0, 0.1) is 17.8 Å². The summed E-state index contributed by atoms with van der Waals surface area (Å²) in [5, 5.41) is 11.3. The number of carbonyl (C=O) groups excluding carboxylic acids is 1. The van der Waals surface area contributed by atoms with E-state index in [-0.39, 0.29) is 30.7 Å². The Labute approximate surface area is 245 Å². The molecule has 2 atom stereocenters. The number of hydrogen-bond acceptors (Lipinski definition) is 8. The number of methoxy groups -OCH3 is 1. The topological polar surface area (TPSA) is 119 Å². The minimum Gasteiger partial charge on any atom is -0.495 e. The van der Waals surface area contributed by atoms with Crippen molar-refractivity contribution in [2.75, 3.05) is 39.1 Å².